The number of para-hydroxylation sites is 1. The number of hydrogen-bond donors (Lipinski definition) is 3. The lowest BCUT2D eigenvalue weighted by molar-refractivity contribution is -0.136. The molecule has 30 heavy (non-hydrogen) atoms. The normalized spacial score (nSPS) is 14.3. The smallest absolute Gasteiger partial charge is 0.329 e. The zero-order chi connectivity index (χ0) is 21.3. The number of amides is 3. The number of carbonyl (C=O) groups excluding carboxylic acids is 3. The zero-order valence-electron chi connectivity index (χ0n) is 17.0. The second-order valence-corrected chi connectivity index (χ2v) is 7.42. The highest BCUT2D eigenvalue weighted by Gasteiger charge is 2.20. The molecule has 7 heteroatoms. The summed E-state index contributed by atoms with van der Waals surface area (Å²) in [5, 5.41) is 9.32. The van der Waals surface area contributed by atoms with Crippen molar-refractivity contribution < 1.29 is 14.4 Å². The SMILES string of the molecule is Cc1ccc(/C=N\NC(=O)C(=O)Nc2ccccc2C(=O)NC2CCCCC2)cc1. The fourth-order valence-corrected chi connectivity index (χ4v) is 3.35. The summed E-state index contributed by atoms with van der Waals surface area (Å²) in [6.07, 6.45) is 6.78. The Morgan fingerprint density at radius 2 is 1.63 bits per heavy atom. The third-order valence-corrected chi connectivity index (χ3v) is 5.02. The minimum atomic E-state index is -0.916. The molecule has 0 atom stereocenters. The van der Waals surface area contributed by atoms with Crippen LogP contribution in [0.5, 0.6) is 0 Å². The maximum atomic E-state index is 12.7. The van der Waals surface area contributed by atoms with Crippen molar-refractivity contribution >= 4 is 29.6 Å². The van der Waals surface area contributed by atoms with E-state index in [4.69, 9.17) is 0 Å². The van der Waals surface area contributed by atoms with Crippen molar-refractivity contribution in [3.05, 3.63) is 65.2 Å². The molecule has 156 valence electrons. The Bertz CT molecular complexity index is 932. The molecule has 2 aromatic rings. The standard InChI is InChI=1S/C23H26N4O3/c1-16-11-13-17(14-12-16)15-24-27-23(30)22(29)26-20-10-6-5-9-19(20)21(28)25-18-7-3-2-4-8-18/h5-6,9-15,18H,2-4,7-8H2,1H3,(H,25,28)(H,26,29)(H,27,30)/b24-15-. The van der Waals surface area contributed by atoms with E-state index >= 15 is 0 Å². The van der Waals surface area contributed by atoms with Crippen molar-refractivity contribution in [1.82, 2.24) is 10.7 Å². The number of anilines is 1. The molecule has 3 rings (SSSR count). The van der Waals surface area contributed by atoms with Crippen molar-refractivity contribution in [3.8, 4) is 0 Å². The highest BCUT2D eigenvalue weighted by Crippen LogP contribution is 2.20. The maximum absolute atomic E-state index is 12.7. The Labute approximate surface area is 175 Å². The van der Waals surface area contributed by atoms with E-state index in [1.165, 1.54) is 12.6 Å². The van der Waals surface area contributed by atoms with Crippen LogP contribution in [0.3, 0.4) is 0 Å². The lowest BCUT2D eigenvalue weighted by Crippen LogP contribution is -2.37. The molecule has 0 bridgehead atoms. The van der Waals surface area contributed by atoms with E-state index in [2.05, 4.69) is 21.2 Å². The Morgan fingerprint density at radius 1 is 0.933 bits per heavy atom. The minimum absolute atomic E-state index is 0.148. The molecule has 7 nitrogen and oxygen atoms in total. The van der Waals surface area contributed by atoms with Gasteiger partial charge in [0.1, 0.15) is 0 Å². The Kier molecular flexibility index (Phi) is 7.32. The summed E-state index contributed by atoms with van der Waals surface area (Å²) in [6, 6.07) is 14.3. The zero-order valence-corrected chi connectivity index (χ0v) is 17.0. The number of benzene rings is 2. The van der Waals surface area contributed by atoms with Crippen molar-refractivity contribution in [2.45, 2.75) is 45.1 Å². The summed E-state index contributed by atoms with van der Waals surface area (Å²) in [7, 11) is 0. The van der Waals surface area contributed by atoms with E-state index < -0.39 is 11.8 Å². The van der Waals surface area contributed by atoms with Gasteiger partial charge in [-0.1, -0.05) is 61.2 Å². The number of aryl methyl sites for hydroxylation is 1. The Hall–Kier alpha value is -3.48. The first-order chi connectivity index (χ1) is 14.5. The number of rotatable bonds is 5. The second kappa shape index (κ2) is 10.3. The first kappa shape index (κ1) is 21.2. The van der Waals surface area contributed by atoms with E-state index in [9.17, 15) is 14.4 Å². The highest BCUT2D eigenvalue weighted by atomic mass is 16.2. The summed E-state index contributed by atoms with van der Waals surface area (Å²) in [5.41, 5.74) is 4.72. The number of hydrogen-bond acceptors (Lipinski definition) is 4. The van der Waals surface area contributed by atoms with Crippen LogP contribution >= 0.6 is 0 Å². The number of hydrazone groups is 1. The van der Waals surface area contributed by atoms with Crippen molar-refractivity contribution in [3.63, 3.8) is 0 Å². The van der Waals surface area contributed by atoms with Crippen LogP contribution in [0, 0.1) is 6.92 Å². The van der Waals surface area contributed by atoms with Crippen molar-refractivity contribution in [2.24, 2.45) is 5.10 Å². The highest BCUT2D eigenvalue weighted by molar-refractivity contribution is 6.40. The van der Waals surface area contributed by atoms with Gasteiger partial charge in [-0.25, -0.2) is 5.43 Å². The van der Waals surface area contributed by atoms with Gasteiger partial charge in [0.25, 0.3) is 5.91 Å². The van der Waals surface area contributed by atoms with Gasteiger partial charge in [0.15, 0.2) is 0 Å². The van der Waals surface area contributed by atoms with Crippen LogP contribution in [0.2, 0.25) is 0 Å². The van der Waals surface area contributed by atoms with Crippen LogP contribution in [0.25, 0.3) is 0 Å². The number of nitrogens with one attached hydrogen (secondary N) is 3. The van der Waals surface area contributed by atoms with Gasteiger partial charge in [0, 0.05) is 6.04 Å². The second-order valence-electron chi connectivity index (χ2n) is 7.42. The fourth-order valence-electron chi connectivity index (χ4n) is 3.35. The van der Waals surface area contributed by atoms with Gasteiger partial charge in [0.05, 0.1) is 17.5 Å². The van der Waals surface area contributed by atoms with Crippen molar-refractivity contribution in [2.75, 3.05) is 5.32 Å². The predicted molar refractivity (Wildman–Crippen MR) is 116 cm³/mol. The van der Waals surface area contributed by atoms with Crippen LogP contribution in [-0.4, -0.2) is 30.0 Å². The van der Waals surface area contributed by atoms with Crippen molar-refractivity contribution in [1.29, 1.82) is 0 Å². The van der Waals surface area contributed by atoms with Gasteiger partial charge >= 0.3 is 11.8 Å². The van der Waals surface area contributed by atoms with Crippen LogP contribution in [0.4, 0.5) is 5.69 Å². The molecular weight excluding hydrogens is 380 g/mol. The van der Waals surface area contributed by atoms with Gasteiger partial charge < -0.3 is 10.6 Å². The lowest BCUT2D eigenvalue weighted by atomic mass is 9.95. The van der Waals surface area contributed by atoms with Crippen LogP contribution in [0.1, 0.15) is 53.6 Å². The first-order valence-corrected chi connectivity index (χ1v) is 10.1. The van der Waals surface area contributed by atoms with E-state index in [1.54, 1.807) is 24.3 Å². The molecule has 0 unspecified atom stereocenters. The maximum Gasteiger partial charge on any atom is 0.329 e. The number of nitrogens with zero attached hydrogens (tertiary/aromatic N) is 1. The van der Waals surface area contributed by atoms with Gasteiger partial charge in [-0.05, 0) is 37.5 Å². The lowest BCUT2D eigenvalue weighted by Gasteiger charge is -2.23. The molecule has 3 N–H and O–H groups in total. The molecule has 1 aliphatic carbocycles. The molecule has 2 aromatic carbocycles. The van der Waals surface area contributed by atoms with Crippen LogP contribution < -0.4 is 16.1 Å². The third kappa shape index (κ3) is 6.01. The van der Waals surface area contributed by atoms with E-state index in [0.29, 0.717) is 5.56 Å². The molecule has 1 fully saturated rings. The molecule has 0 spiro atoms. The molecule has 0 saturated heterocycles. The predicted octanol–water partition coefficient (Wildman–Crippen LogP) is 3.15. The summed E-state index contributed by atoms with van der Waals surface area (Å²) in [5.74, 6) is -2.06. The fraction of sp³-hybridized carbons (Fsp3) is 0.304. The van der Waals surface area contributed by atoms with E-state index in [1.807, 2.05) is 31.2 Å². The quantitative estimate of drug-likeness (QED) is 0.404. The van der Waals surface area contributed by atoms with E-state index in [0.717, 1.165) is 36.8 Å². The molecule has 3 amide bonds. The summed E-state index contributed by atoms with van der Waals surface area (Å²) in [6.45, 7) is 1.97. The Morgan fingerprint density at radius 3 is 2.37 bits per heavy atom. The van der Waals surface area contributed by atoms with Gasteiger partial charge in [0.2, 0.25) is 0 Å². The van der Waals surface area contributed by atoms with E-state index in [-0.39, 0.29) is 17.6 Å². The molecule has 1 aliphatic rings. The first-order valence-electron chi connectivity index (χ1n) is 10.1. The average Bonchev–Trinajstić information content (AvgIpc) is 2.76. The van der Waals surface area contributed by atoms with Gasteiger partial charge in [-0.15, -0.1) is 0 Å². The molecule has 1 saturated carbocycles. The Balaban J connectivity index is 1.58. The minimum Gasteiger partial charge on any atom is -0.349 e. The van der Waals surface area contributed by atoms with Gasteiger partial charge in [-0.2, -0.15) is 5.10 Å². The summed E-state index contributed by atoms with van der Waals surface area (Å²) in [4.78, 5) is 36.9. The number of carbonyl (C=O) groups is 3. The third-order valence-electron chi connectivity index (χ3n) is 5.02. The largest absolute Gasteiger partial charge is 0.349 e. The monoisotopic (exact) mass is 406 g/mol. The molecule has 0 radical (unpaired) electrons. The molecular formula is C23H26N4O3. The van der Waals surface area contributed by atoms with Crippen LogP contribution in [0.15, 0.2) is 53.6 Å². The molecule has 0 aromatic heterocycles. The molecule has 0 aliphatic heterocycles. The van der Waals surface area contributed by atoms with Crippen LogP contribution in [-0.2, 0) is 9.59 Å². The topological polar surface area (TPSA) is 99.7 Å². The summed E-state index contributed by atoms with van der Waals surface area (Å²) >= 11 is 0. The van der Waals surface area contributed by atoms with Gasteiger partial charge in [-0.3, -0.25) is 14.4 Å². The molecule has 0 heterocycles. The average molecular weight is 406 g/mol. The summed E-state index contributed by atoms with van der Waals surface area (Å²) < 4.78 is 0.